The summed E-state index contributed by atoms with van der Waals surface area (Å²) in [4.78, 5) is 66.3. The number of aromatic nitrogens is 2. The Bertz CT molecular complexity index is 2170. The van der Waals surface area contributed by atoms with Gasteiger partial charge in [-0.3, -0.25) is 9.59 Å². The highest BCUT2D eigenvalue weighted by atomic mass is 35.5. The van der Waals surface area contributed by atoms with Crippen LogP contribution in [0.5, 0.6) is 11.5 Å². The smallest absolute Gasteiger partial charge is 0.408 e. The first kappa shape index (κ1) is 46.5. The molecule has 16 nitrogen and oxygen atoms in total. The summed E-state index contributed by atoms with van der Waals surface area (Å²) in [5, 5.41) is 26.0. The number of carboxylic acids is 1. The van der Waals surface area contributed by atoms with Gasteiger partial charge in [0, 0.05) is 35.8 Å². The number of aliphatic carboxylic acids is 1. The van der Waals surface area contributed by atoms with Crippen molar-refractivity contribution in [2.24, 2.45) is 23.2 Å². The molecule has 344 valence electrons. The van der Waals surface area contributed by atoms with Gasteiger partial charge in [0.1, 0.15) is 58.7 Å². The lowest BCUT2D eigenvalue weighted by molar-refractivity contribution is -0.146. The van der Waals surface area contributed by atoms with E-state index in [1.807, 2.05) is 53.0 Å². The predicted molar refractivity (Wildman–Crippen MR) is 240 cm³/mol. The maximum atomic E-state index is 14.8. The van der Waals surface area contributed by atoms with Gasteiger partial charge in [0.25, 0.3) is 0 Å². The van der Waals surface area contributed by atoms with Gasteiger partial charge in [0.15, 0.2) is 5.13 Å². The van der Waals surface area contributed by atoms with Crippen LogP contribution in [0.15, 0.2) is 23.6 Å². The van der Waals surface area contributed by atoms with E-state index in [1.165, 1.54) is 16.2 Å². The predicted octanol–water partition coefficient (Wildman–Crippen LogP) is 6.49. The molecule has 4 fully saturated rings. The minimum atomic E-state index is -1.43. The number of carboxylic acid groups (broad SMARTS) is 1. The molecule has 2 saturated carbocycles. The number of carbonyl (C=O) groups excluding carboxylic acids is 3. The quantitative estimate of drug-likeness (QED) is 0.111. The lowest BCUT2D eigenvalue weighted by atomic mass is 9.85. The van der Waals surface area contributed by atoms with Crippen LogP contribution in [0.4, 0.5) is 9.93 Å². The number of hydrogen-bond donors (Lipinski definition) is 5. The molecule has 0 radical (unpaired) electrons. The van der Waals surface area contributed by atoms with Crippen molar-refractivity contribution in [3.05, 3.63) is 28.6 Å². The van der Waals surface area contributed by atoms with E-state index in [0.717, 1.165) is 19.4 Å². The molecule has 5 N–H and O–H groups in total. The van der Waals surface area contributed by atoms with Crippen molar-refractivity contribution in [3.63, 3.8) is 0 Å². The Morgan fingerprint density at radius 3 is 2.46 bits per heavy atom. The third kappa shape index (κ3) is 10.4. The molecule has 18 heteroatoms. The van der Waals surface area contributed by atoms with E-state index in [1.54, 1.807) is 12.1 Å². The molecule has 63 heavy (non-hydrogen) atoms. The summed E-state index contributed by atoms with van der Waals surface area (Å²) >= 11 is 8.53. The highest BCUT2D eigenvalue weighted by molar-refractivity contribution is 7.14. The number of rotatable bonds is 15. The number of nitrogens with one attached hydrogen (secondary N) is 4. The van der Waals surface area contributed by atoms with E-state index in [9.17, 15) is 24.3 Å². The van der Waals surface area contributed by atoms with Gasteiger partial charge in [-0.1, -0.05) is 59.6 Å². The highest BCUT2D eigenvalue weighted by Gasteiger charge is 2.61. The number of fused-ring (bicyclic) bond motifs is 1. The number of amides is 3. The number of alkyl carbamates (subject to hydrolysis) is 1. The molecule has 0 bridgehead atoms. The molecule has 2 aliphatic heterocycles. The lowest BCUT2D eigenvalue weighted by Gasteiger charge is -2.35. The first-order valence-corrected chi connectivity index (χ1v) is 23.4. The molecule has 4 heterocycles. The Morgan fingerprint density at radius 1 is 1.08 bits per heavy atom. The molecule has 2 saturated heterocycles. The van der Waals surface area contributed by atoms with Crippen LogP contribution in [0.1, 0.15) is 87.5 Å². The van der Waals surface area contributed by atoms with Gasteiger partial charge in [-0.25, -0.2) is 19.6 Å². The van der Waals surface area contributed by atoms with Crippen molar-refractivity contribution in [3.8, 4) is 22.9 Å². The second kappa shape index (κ2) is 18.9. The maximum Gasteiger partial charge on any atom is 0.408 e. The maximum absolute atomic E-state index is 14.8. The van der Waals surface area contributed by atoms with Crippen LogP contribution >= 0.6 is 22.9 Å². The van der Waals surface area contributed by atoms with Crippen molar-refractivity contribution < 1.29 is 43.2 Å². The van der Waals surface area contributed by atoms with E-state index in [4.69, 9.17) is 40.5 Å². The number of likely N-dealkylation sites (tertiary alicyclic amines) is 1. The fourth-order valence-electron chi connectivity index (χ4n) is 8.92. The zero-order chi connectivity index (χ0) is 45.4. The second-order valence-electron chi connectivity index (χ2n) is 19.1. The van der Waals surface area contributed by atoms with Crippen LogP contribution < -0.4 is 30.7 Å². The Hall–Kier alpha value is -4.45. The summed E-state index contributed by atoms with van der Waals surface area (Å²) in [7, 11) is 0. The first-order chi connectivity index (χ1) is 29.9. The zero-order valence-electron chi connectivity index (χ0n) is 37.4. The van der Waals surface area contributed by atoms with Gasteiger partial charge in [0.05, 0.1) is 37.0 Å². The topological polar surface area (TPSA) is 203 Å². The van der Waals surface area contributed by atoms with Gasteiger partial charge < -0.3 is 50.2 Å². The number of halogens is 1. The average Bonchev–Trinajstić information content (AvgIpc) is 3.46. The summed E-state index contributed by atoms with van der Waals surface area (Å²) in [6, 6.07) is 3.27. The van der Waals surface area contributed by atoms with Gasteiger partial charge in [0.2, 0.25) is 11.8 Å². The zero-order valence-corrected chi connectivity index (χ0v) is 39.0. The van der Waals surface area contributed by atoms with Crippen LogP contribution in [0.3, 0.4) is 0 Å². The van der Waals surface area contributed by atoms with Crippen molar-refractivity contribution in [1.29, 1.82) is 0 Å². The summed E-state index contributed by atoms with van der Waals surface area (Å²) < 4.78 is 24.4. The van der Waals surface area contributed by atoms with Crippen molar-refractivity contribution in [2.45, 2.75) is 129 Å². The normalized spacial score (nSPS) is 27.5. The number of nitrogens with zero attached hydrogens (tertiary/aromatic N) is 3. The largest absolute Gasteiger partial charge is 0.490 e. The Morgan fingerprint density at radius 2 is 1.83 bits per heavy atom. The van der Waals surface area contributed by atoms with E-state index < -0.39 is 53.0 Å². The monoisotopic (exact) mass is 911 g/mol. The molecule has 4 aliphatic rings. The van der Waals surface area contributed by atoms with Crippen molar-refractivity contribution in [1.82, 2.24) is 30.8 Å². The number of morpholine rings is 1. The highest BCUT2D eigenvalue weighted by Crippen LogP contribution is 2.47. The summed E-state index contributed by atoms with van der Waals surface area (Å²) in [5.74, 6) is -0.864. The minimum Gasteiger partial charge on any atom is -0.490 e. The molecular formula is C45H62ClN7O9S. The van der Waals surface area contributed by atoms with Crippen LogP contribution in [-0.2, 0) is 23.9 Å². The number of anilines is 1. The lowest BCUT2D eigenvalue weighted by Crippen LogP contribution is -2.59. The average molecular weight is 913 g/mol. The second-order valence-corrected chi connectivity index (χ2v) is 20.3. The molecule has 3 amide bonds. The van der Waals surface area contributed by atoms with Gasteiger partial charge >= 0.3 is 12.1 Å². The van der Waals surface area contributed by atoms with E-state index in [0.29, 0.717) is 77.0 Å². The Kier molecular flexibility index (Phi) is 14.0. The molecule has 9 atom stereocenters. The SMILES string of the molecule is CC[C@@H]1C[C@]1(NC(=O)[C@@H]1C[C@@H](Oc2cc(-c3csc(NC(C)C)n3)nc3c(Cl)c(OC[C@H]4COCCN4)ccc23)CN1C(=O)[C@@H](NC(=O)OC1CC(C)[C@H](C)C1)C(C)(C)C)C(=O)O. The van der Waals surface area contributed by atoms with Gasteiger partial charge in [-0.05, 0) is 68.4 Å². The molecule has 2 aromatic heterocycles. The van der Waals surface area contributed by atoms with Gasteiger partial charge in [-0.15, -0.1) is 11.3 Å². The van der Waals surface area contributed by atoms with Crippen LogP contribution in [-0.4, -0.2) is 119 Å². The number of ether oxygens (including phenoxy) is 4. The van der Waals surface area contributed by atoms with Crippen LogP contribution in [0.25, 0.3) is 22.3 Å². The number of pyridine rings is 1. The number of hydrogen-bond acceptors (Lipinski definition) is 13. The molecule has 0 spiro atoms. The molecule has 2 aliphatic carbocycles. The Balaban J connectivity index is 1.21. The van der Waals surface area contributed by atoms with Crippen molar-refractivity contribution in [2.75, 3.05) is 38.2 Å². The molecular weight excluding hydrogens is 850 g/mol. The minimum absolute atomic E-state index is 0.0134. The van der Waals surface area contributed by atoms with E-state index in [-0.39, 0.29) is 48.5 Å². The fraction of sp³-hybridized carbons (Fsp3) is 0.644. The first-order valence-electron chi connectivity index (χ1n) is 22.2. The van der Waals surface area contributed by atoms with E-state index in [2.05, 4.69) is 35.1 Å². The number of thiazole rings is 1. The van der Waals surface area contributed by atoms with Crippen LogP contribution in [0.2, 0.25) is 5.02 Å². The summed E-state index contributed by atoms with van der Waals surface area (Å²) in [6.07, 6.45) is 0.628. The Labute approximate surface area is 377 Å². The molecule has 2 unspecified atom stereocenters. The van der Waals surface area contributed by atoms with Crippen LogP contribution in [0, 0.1) is 23.2 Å². The third-order valence-electron chi connectivity index (χ3n) is 12.8. The van der Waals surface area contributed by atoms with Gasteiger partial charge in [-0.2, -0.15) is 0 Å². The third-order valence-corrected chi connectivity index (χ3v) is 14.0. The summed E-state index contributed by atoms with van der Waals surface area (Å²) in [5.41, 5.74) is -0.754. The molecule has 7 rings (SSSR count). The van der Waals surface area contributed by atoms with Crippen molar-refractivity contribution >= 4 is 62.8 Å². The summed E-state index contributed by atoms with van der Waals surface area (Å²) in [6.45, 7) is 17.8. The number of benzene rings is 1. The fourth-order valence-corrected chi connectivity index (χ4v) is 10.0. The molecule has 3 aromatic rings. The standard InChI is InChI=1S/C45H62ClN7O9S/c1-9-26-18-45(26,41(56)57)52-39(54)33-16-29(19-53(33)40(55)38(44(6,7)8)51-43(58)62-28-14-24(4)25(5)15-28)61-35-17-31(32-22-63-42(50-32)48-23(2)3)49-37-30(35)10-11-34(36(37)46)60-21-27-20-59-13-12-47-27/h10-11,17,22-29,33,38,47H,9,12-16,18-21H2,1-8H3,(H,48,50)(H,51,58)(H,52,54)(H,56,57)/t24-,25?,26-,27-,28?,29-,33+,38-,45-/m1/s1. The number of carbonyl (C=O) groups is 4. The molecule has 1 aromatic carbocycles. The van der Waals surface area contributed by atoms with E-state index >= 15 is 0 Å².